The highest BCUT2D eigenvalue weighted by Crippen LogP contribution is 2.42. The van der Waals surface area contributed by atoms with E-state index in [1.807, 2.05) is 52.8 Å². The smallest absolute Gasteiger partial charge is 0.410 e. The van der Waals surface area contributed by atoms with Crippen molar-refractivity contribution >= 4 is 23.7 Å². The first-order chi connectivity index (χ1) is 22.2. The van der Waals surface area contributed by atoms with Crippen molar-refractivity contribution in [2.24, 2.45) is 0 Å². The van der Waals surface area contributed by atoms with E-state index in [2.05, 4.69) is 16.7 Å². The molecule has 0 aromatic heterocycles. The Morgan fingerprint density at radius 2 is 1.70 bits per heavy atom. The van der Waals surface area contributed by atoms with Gasteiger partial charge in [0.2, 0.25) is 5.91 Å². The van der Waals surface area contributed by atoms with Gasteiger partial charge in [0.1, 0.15) is 16.8 Å². The molecule has 0 radical (unpaired) electrons. The minimum Gasteiger partial charge on any atom is -0.468 e. The summed E-state index contributed by atoms with van der Waals surface area (Å²) in [5, 5.41) is 0. The second-order valence-electron chi connectivity index (χ2n) is 14.4. The van der Waals surface area contributed by atoms with E-state index < -0.39 is 17.0 Å². The number of rotatable bonds is 7. The Kier molecular flexibility index (Phi) is 10.3. The molecule has 0 bridgehead atoms. The van der Waals surface area contributed by atoms with Crippen molar-refractivity contribution in [3.8, 4) is 0 Å². The molecule has 10 nitrogen and oxygen atoms in total. The first-order valence-electron chi connectivity index (χ1n) is 16.5. The van der Waals surface area contributed by atoms with Crippen LogP contribution in [0.25, 0.3) is 0 Å². The molecule has 47 heavy (non-hydrogen) atoms. The van der Waals surface area contributed by atoms with Crippen molar-refractivity contribution in [1.82, 2.24) is 14.7 Å². The molecule has 0 saturated carbocycles. The van der Waals surface area contributed by atoms with Gasteiger partial charge >= 0.3 is 12.1 Å². The number of piperazine rings is 1. The molecule has 256 valence electrons. The normalized spacial score (nSPS) is 25.4. The summed E-state index contributed by atoms with van der Waals surface area (Å²) >= 11 is 0. The van der Waals surface area contributed by atoms with Crippen molar-refractivity contribution < 1.29 is 33.0 Å². The second kappa shape index (κ2) is 13.9. The fourth-order valence-electron chi connectivity index (χ4n) is 6.94. The SMILES string of the molecule is COC(=O)C1(C)CN(C(=O)CN2C[C@@H](C)N(C(=O)OC(C)(C)C)C[C@@H]2CN2CCOCC2C)c2cc(Cc3ccc(F)cc3)ccc21. The molecule has 3 aliphatic rings. The van der Waals surface area contributed by atoms with Gasteiger partial charge in [0.25, 0.3) is 0 Å². The van der Waals surface area contributed by atoms with Gasteiger partial charge in [-0.2, -0.15) is 0 Å². The maximum absolute atomic E-state index is 14.3. The number of hydrogen-bond donors (Lipinski definition) is 0. The summed E-state index contributed by atoms with van der Waals surface area (Å²) in [7, 11) is 1.36. The summed E-state index contributed by atoms with van der Waals surface area (Å²) in [6.07, 6.45) is 0.195. The molecule has 3 heterocycles. The summed E-state index contributed by atoms with van der Waals surface area (Å²) in [6, 6.07) is 12.1. The Bertz CT molecular complexity index is 1460. The van der Waals surface area contributed by atoms with Crippen molar-refractivity contribution in [1.29, 1.82) is 0 Å². The van der Waals surface area contributed by atoms with Gasteiger partial charge in [-0.25, -0.2) is 9.18 Å². The quantitative estimate of drug-likeness (QED) is 0.411. The predicted molar refractivity (Wildman–Crippen MR) is 177 cm³/mol. The van der Waals surface area contributed by atoms with Crippen LogP contribution in [0.1, 0.15) is 58.2 Å². The van der Waals surface area contributed by atoms with Crippen molar-refractivity contribution in [3.63, 3.8) is 0 Å². The number of carbonyl (C=O) groups is 3. The van der Waals surface area contributed by atoms with Crippen LogP contribution < -0.4 is 4.90 Å². The van der Waals surface area contributed by atoms with E-state index in [-0.39, 0.29) is 49.0 Å². The Labute approximate surface area is 277 Å². The van der Waals surface area contributed by atoms with Crippen molar-refractivity contribution in [3.05, 3.63) is 65.0 Å². The van der Waals surface area contributed by atoms with E-state index in [9.17, 15) is 18.8 Å². The highest BCUT2D eigenvalue weighted by molar-refractivity contribution is 6.02. The Balaban J connectivity index is 1.41. The third kappa shape index (κ3) is 7.79. The van der Waals surface area contributed by atoms with Crippen LogP contribution in [0.15, 0.2) is 42.5 Å². The van der Waals surface area contributed by atoms with E-state index in [1.165, 1.54) is 19.2 Å². The average molecular weight is 653 g/mol. The molecule has 0 N–H and O–H groups in total. The Morgan fingerprint density at radius 3 is 2.36 bits per heavy atom. The molecule has 5 rings (SSSR count). The van der Waals surface area contributed by atoms with Gasteiger partial charge in [0.15, 0.2) is 0 Å². The number of halogens is 1. The fraction of sp³-hybridized carbons (Fsp3) is 0.583. The fourth-order valence-corrected chi connectivity index (χ4v) is 6.94. The Morgan fingerprint density at radius 1 is 1.00 bits per heavy atom. The molecule has 2 saturated heterocycles. The lowest BCUT2D eigenvalue weighted by atomic mass is 9.84. The molecule has 0 spiro atoms. The molecule has 2 aromatic rings. The zero-order valence-corrected chi connectivity index (χ0v) is 28.8. The third-order valence-corrected chi connectivity index (χ3v) is 9.55. The summed E-state index contributed by atoms with van der Waals surface area (Å²) in [5.74, 6) is -0.828. The molecule has 2 unspecified atom stereocenters. The van der Waals surface area contributed by atoms with Gasteiger partial charge in [0.05, 0.1) is 26.9 Å². The number of carbonyl (C=O) groups excluding carboxylic acids is 3. The van der Waals surface area contributed by atoms with E-state index in [0.717, 1.165) is 23.2 Å². The highest BCUT2D eigenvalue weighted by atomic mass is 19.1. The number of esters is 1. The standard InChI is InChI=1S/C36H49FN4O6/c1-24-18-39(29(19-38-14-15-46-22-25(38)2)20-40(24)34(44)47-35(3,4)5)21-32(42)41-23-36(6,33(43)45-7)30-13-10-27(17-31(30)41)16-26-8-11-28(37)12-9-26/h8-13,17,24-25,29H,14-16,18-23H2,1-7H3/t24-,25?,29+,36?/m1/s1. The number of benzene rings is 2. The predicted octanol–water partition coefficient (Wildman–Crippen LogP) is 4.22. The van der Waals surface area contributed by atoms with Crippen molar-refractivity contribution in [2.75, 3.05) is 64.5 Å². The number of hydrogen-bond acceptors (Lipinski definition) is 8. The zero-order valence-electron chi connectivity index (χ0n) is 28.8. The van der Waals surface area contributed by atoms with Crippen molar-refractivity contribution in [2.45, 2.75) is 77.1 Å². The maximum atomic E-state index is 14.3. The minimum atomic E-state index is -1.03. The molecule has 2 aromatic carbocycles. The zero-order chi connectivity index (χ0) is 34.1. The topological polar surface area (TPSA) is 91.9 Å². The van der Waals surface area contributed by atoms with E-state index in [4.69, 9.17) is 14.2 Å². The number of nitrogens with zero attached hydrogens (tertiary/aromatic N) is 4. The van der Waals surface area contributed by atoms with Crippen LogP contribution in [0.5, 0.6) is 0 Å². The Hall–Kier alpha value is -3.54. The van der Waals surface area contributed by atoms with Crippen LogP contribution in [-0.4, -0.2) is 116 Å². The number of methoxy groups -OCH3 is 1. The molecule has 11 heteroatoms. The molecular weight excluding hydrogens is 603 g/mol. The molecule has 2 amide bonds. The molecule has 2 fully saturated rings. The van der Waals surface area contributed by atoms with Crippen LogP contribution in [0.4, 0.5) is 14.9 Å². The molecule has 4 atom stereocenters. The number of anilines is 1. The van der Waals surface area contributed by atoms with Gasteiger partial charge in [0, 0.05) is 56.5 Å². The van der Waals surface area contributed by atoms with Crippen LogP contribution in [-0.2, 0) is 35.6 Å². The average Bonchev–Trinajstić information content (AvgIpc) is 3.32. The largest absolute Gasteiger partial charge is 0.468 e. The van der Waals surface area contributed by atoms with E-state index >= 15 is 0 Å². The van der Waals surface area contributed by atoms with Gasteiger partial charge in [-0.1, -0.05) is 24.3 Å². The lowest BCUT2D eigenvalue weighted by molar-refractivity contribution is -0.146. The van der Waals surface area contributed by atoms with Crippen LogP contribution in [0.2, 0.25) is 0 Å². The van der Waals surface area contributed by atoms with Gasteiger partial charge < -0.3 is 24.0 Å². The van der Waals surface area contributed by atoms with Crippen LogP contribution >= 0.6 is 0 Å². The molecule has 0 aliphatic carbocycles. The first kappa shape index (κ1) is 34.8. The maximum Gasteiger partial charge on any atom is 0.410 e. The first-order valence-corrected chi connectivity index (χ1v) is 16.5. The third-order valence-electron chi connectivity index (χ3n) is 9.55. The molecule has 3 aliphatic heterocycles. The summed E-state index contributed by atoms with van der Waals surface area (Å²) in [6.45, 7) is 15.4. The highest BCUT2D eigenvalue weighted by Gasteiger charge is 2.48. The monoisotopic (exact) mass is 652 g/mol. The van der Waals surface area contributed by atoms with Gasteiger partial charge in [-0.3, -0.25) is 19.4 Å². The van der Waals surface area contributed by atoms with E-state index in [1.54, 1.807) is 21.9 Å². The lowest BCUT2D eigenvalue weighted by Gasteiger charge is -2.47. The summed E-state index contributed by atoms with van der Waals surface area (Å²) in [5.41, 5.74) is 1.66. The number of ether oxygens (including phenoxy) is 3. The number of amides is 2. The van der Waals surface area contributed by atoms with Crippen LogP contribution in [0.3, 0.4) is 0 Å². The molecular formula is C36H49FN4O6. The summed E-state index contributed by atoms with van der Waals surface area (Å²) in [4.78, 5) is 48.8. The summed E-state index contributed by atoms with van der Waals surface area (Å²) < 4.78 is 30.2. The van der Waals surface area contributed by atoms with Crippen LogP contribution in [0, 0.1) is 5.82 Å². The van der Waals surface area contributed by atoms with Gasteiger partial charge in [-0.15, -0.1) is 0 Å². The minimum absolute atomic E-state index is 0.120. The number of fused-ring (bicyclic) bond motifs is 1. The van der Waals surface area contributed by atoms with Gasteiger partial charge in [-0.05, 0) is 82.9 Å². The number of morpholine rings is 1. The second-order valence-corrected chi connectivity index (χ2v) is 14.4. The lowest BCUT2D eigenvalue weighted by Crippen LogP contribution is -2.64. The van der Waals surface area contributed by atoms with E-state index in [0.29, 0.717) is 45.0 Å².